The minimum absolute atomic E-state index is 0.0558. The lowest BCUT2D eigenvalue weighted by Crippen LogP contribution is -2.27. The summed E-state index contributed by atoms with van der Waals surface area (Å²) in [6.07, 6.45) is -0.383. The Morgan fingerprint density at radius 3 is 2.71 bits per heavy atom. The first kappa shape index (κ1) is 11.1. The fraction of sp³-hybridized carbons (Fsp3) is 0.455. The second-order valence-corrected chi connectivity index (χ2v) is 3.53. The molecule has 78 valence electrons. The van der Waals surface area contributed by atoms with Crippen molar-refractivity contribution in [3.05, 3.63) is 35.6 Å². The van der Waals surface area contributed by atoms with Gasteiger partial charge in [0.25, 0.3) is 0 Å². The van der Waals surface area contributed by atoms with Crippen molar-refractivity contribution in [1.29, 1.82) is 0 Å². The van der Waals surface area contributed by atoms with Crippen LogP contribution in [-0.2, 0) is 0 Å². The first-order valence-corrected chi connectivity index (χ1v) is 4.76. The van der Waals surface area contributed by atoms with Crippen LogP contribution in [0.5, 0.6) is 0 Å². The minimum Gasteiger partial charge on any atom is -0.392 e. The van der Waals surface area contributed by atoms with Gasteiger partial charge in [-0.3, -0.25) is 0 Å². The Kier molecular flexibility index (Phi) is 4.04. The van der Waals surface area contributed by atoms with Crippen LogP contribution < -0.4 is 5.32 Å². The van der Waals surface area contributed by atoms with Crippen LogP contribution in [0.2, 0.25) is 0 Å². The van der Waals surface area contributed by atoms with E-state index in [1.165, 1.54) is 12.1 Å². The van der Waals surface area contributed by atoms with Crippen molar-refractivity contribution >= 4 is 0 Å². The third kappa shape index (κ3) is 3.44. The summed E-state index contributed by atoms with van der Waals surface area (Å²) >= 11 is 0. The van der Waals surface area contributed by atoms with Crippen LogP contribution in [0.15, 0.2) is 24.3 Å². The summed E-state index contributed by atoms with van der Waals surface area (Å²) in [5.74, 6) is -0.229. The molecule has 0 saturated heterocycles. The third-order valence-corrected chi connectivity index (χ3v) is 2.07. The average Bonchev–Trinajstić information content (AvgIpc) is 2.14. The van der Waals surface area contributed by atoms with Crippen LogP contribution in [-0.4, -0.2) is 17.8 Å². The summed E-state index contributed by atoms with van der Waals surface area (Å²) < 4.78 is 12.8. The smallest absolute Gasteiger partial charge is 0.123 e. The predicted molar refractivity (Wildman–Crippen MR) is 54.5 cm³/mol. The molecule has 2 atom stereocenters. The summed E-state index contributed by atoms with van der Waals surface area (Å²) in [4.78, 5) is 0. The van der Waals surface area contributed by atoms with Gasteiger partial charge in [0.05, 0.1) is 6.10 Å². The summed E-state index contributed by atoms with van der Waals surface area (Å²) in [5.41, 5.74) is 0.894. The number of hydrogen-bond donors (Lipinski definition) is 2. The van der Waals surface area contributed by atoms with Gasteiger partial charge in [-0.25, -0.2) is 4.39 Å². The second-order valence-electron chi connectivity index (χ2n) is 3.53. The van der Waals surface area contributed by atoms with Crippen molar-refractivity contribution in [2.45, 2.75) is 26.0 Å². The van der Waals surface area contributed by atoms with E-state index in [0.29, 0.717) is 6.54 Å². The molecular weight excluding hydrogens is 181 g/mol. The van der Waals surface area contributed by atoms with Crippen LogP contribution in [0, 0.1) is 5.82 Å². The van der Waals surface area contributed by atoms with Crippen LogP contribution in [0.25, 0.3) is 0 Å². The number of aliphatic hydroxyl groups is 1. The van der Waals surface area contributed by atoms with Gasteiger partial charge in [0, 0.05) is 12.6 Å². The molecule has 1 aromatic carbocycles. The standard InChI is InChI=1S/C11H16FNO/c1-8(14)7-13-9(2)10-4-3-5-11(12)6-10/h3-6,8-9,13-14H,7H2,1-2H3/t8-,9+/m1/s1. The van der Waals surface area contributed by atoms with Gasteiger partial charge in [0.1, 0.15) is 5.82 Å². The molecule has 0 radical (unpaired) electrons. The van der Waals surface area contributed by atoms with Crippen molar-refractivity contribution < 1.29 is 9.50 Å². The van der Waals surface area contributed by atoms with Gasteiger partial charge < -0.3 is 10.4 Å². The van der Waals surface area contributed by atoms with Crippen LogP contribution in [0.1, 0.15) is 25.5 Å². The summed E-state index contributed by atoms with van der Waals surface area (Å²) in [6, 6.07) is 6.53. The van der Waals surface area contributed by atoms with E-state index >= 15 is 0 Å². The maximum atomic E-state index is 12.8. The number of nitrogens with one attached hydrogen (secondary N) is 1. The van der Waals surface area contributed by atoms with Crippen molar-refractivity contribution in [2.75, 3.05) is 6.54 Å². The highest BCUT2D eigenvalue weighted by Gasteiger charge is 2.06. The van der Waals surface area contributed by atoms with Crippen molar-refractivity contribution in [2.24, 2.45) is 0 Å². The molecule has 2 N–H and O–H groups in total. The molecule has 0 unspecified atom stereocenters. The molecule has 0 bridgehead atoms. The summed E-state index contributed by atoms with van der Waals surface area (Å²) in [7, 11) is 0. The topological polar surface area (TPSA) is 32.3 Å². The molecule has 3 heteroatoms. The Hall–Kier alpha value is -0.930. The maximum Gasteiger partial charge on any atom is 0.123 e. The molecule has 0 aliphatic heterocycles. The number of rotatable bonds is 4. The molecule has 2 nitrogen and oxygen atoms in total. The highest BCUT2D eigenvalue weighted by Crippen LogP contribution is 2.12. The maximum absolute atomic E-state index is 12.8. The van der Waals surface area contributed by atoms with E-state index in [9.17, 15) is 4.39 Å². The predicted octanol–water partition coefficient (Wildman–Crippen LogP) is 1.86. The Morgan fingerprint density at radius 2 is 2.14 bits per heavy atom. The Labute approximate surface area is 83.8 Å². The summed E-state index contributed by atoms with van der Waals surface area (Å²) in [5, 5.41) is 12.2. The largest absolute Gasteiger partial charge is 0.392 e. The zero-order valence-corrected chi connectivity index (χ0v) is 8.50. The molecule has 0 aliphatic rings. The second kappa shape index (κ2) is 5.08. The van der Waals surface area contributed by atoms with E-state index in [2.05, 4.69) is 5.32 Å². The molecule has 0 fully saturated rings. The molecule has 0 heterocycles. The van der Waals surface area contributed by atoms with Crippen molar-refractivity contribution in [3.8, 4) is 0 Å². The zero-order valence-electron chi connectivity index (χ0n) is 8.50. The van der Waals surface area contributed by atoms with E-state index < -0.39 is 0 Å². The fourth-order valence-electron chi connectivity index (χ4n) is 1.24. The SMILES string of the molecule is C[C@H](NC[C@@H](C)O)c1cccc(F)c1. The van der Waals surface area contributed by atoms with Crippen LogP contribution in [0.4, 0.5) is 4.39 Å². The van der Waals surface area contributed by atoms with Gasteiger partial charge in [0.15, 0.2) is 0 Å². The van der Waals surface area contributed by atoms with Gasteiger partial charge in [-0.15, -0.1) is 0 Å². The van der Waals surface area contributed by atoms with E-state index in [-0.39, 0.29) is 18.0 Å². The lowest BCUT2D eigenvalue weighted by atomic mass is 10.1. The molecule has 1 aromatic rings. The molecule has 0 aliphatic carbocycles. The fourth-order valence-corrected chi connectivity index (χ4v) is 1.24. The molecule has 0 saturated carbocycles. The van der Waals surface area contributed by atoms with E-state index in [1.807, 2.05) is 13.0 Å². The highest BCUT2D eigenvalue weighted by molar-refractivity contribution is 5.19. The quantitative estimate of drug-likeness (QED) is 0.772. The van der Waals surface area contributed by atoms with Gasteiger partial charge >= 0.3 is 0 Å². The monoisotopic (exact) mass is 197 g/mol. The summed E-state index contributed by atoms with van der Waals surface area (Å²) in [6.45, 7) is 4.17. The van der Waals surface area contributed by atoms with Gasteiger partial charge in [0.2, 0.25) is 0 Å². The van der Waals surface area contributed by atoms with Crippen LogP contribution >= 0.6 is 0 Å². The first-order chi connectivity index (χ1) is 6.59. The van der Waals surface area contributed by atoms with E-state index in [4.69, 9.17) is 5.11 Å². The Morgan fingerprint density at radius 1 is 1.43 bits per heavy atom. The van der Waals surface area contributed by atoms with Gasteiger partial charge in [-0.2, -0.15) is 0 Å². The lowest BCUT2D eigenvalue weighted by Gasteiger charge is -2.15. The molecule has 0 amide bonds. The van der Waals surface area contributed by atoms with Crippen molar-refractivity contribution in [1.82, 2.24) is 5.32 Å². The van der Waals surface area contributed by atoms with Gasteiger partial charge in [-0.05, 0) is 31.5 Å². The van der Waals surface area contributed by atoms with E-state index in [0.717, 1.165) is 5.56 Å². The molecule has 0 spiro atoms. The number of halogens is 1. The zero-order chi connectivity index (χ0) is 10.6. The van der Waals surface area contributed by atoms with Crippen LogP contribution in [0.3, 0.4) is 0 Å². The van der Waals surface area contributed by atoms with Gasteiger partial charge in [-0.1, -0.05) is 12.1 Å². The van der Waals surface area contributed by atoms with E-state index in [1.54, 1.807) is 13.0 Å². The Balaban J connectivity index is 2.56. The molecule has 1 rings (SSSR count). The number of benzene rings is 1. The first-order valence-electron chi connectivity index (χ1n) is 4.76. The lowest BCUT2D eigenvalue weighted by molar-refractivity contribution is 0.187. The molecule has 14 heavy (non-hydrogen) atoms. The molecular formula is C11H16FNO. The Bertz CT molecular complexity index is 288. The number of aliphatic hydroxyl groups excluding tert-OH is 1. The minimum atomic E-state index is -0.383. The molecule has 0 aromatic heterocycles. The number of hydrogen-bond acceptors (Lipinski definition) is 2. The average molecular weight is 197 g/mol. The van der Waals surface area contributed by atoms with Crippen molar-refractivity contribution in [3.63, 3.8) is 0 Å². The normalized spacial score (nSPS) is 15.1. The highest BCUT2D eigenvalue weighted by atomic mass is 19.1. The third-order valence-electron chi connectivity index (χ3n) is 2.07.